The number of nitrogens with one attached hydrogen (secondary N) is 1. The van der Waals surface area contributed by atoms with Crippen molar-refractivity contribution in [3.63, 3.8) is 0 Å². The molecule has 9 heteroatoms. The van der Waals surface area contributed by atoms with Gasteiger partial charge in [0.25, 0.3) is 0 Å². The van der Waals surface area contributed by atoms with Crippen LogP contribution in [0, 0.1) is 0 Å². The van der Waals surface area contributed by atoms with Crippen LogP contribution in [0.1, 0.15) is 0 Å². The van der Waals surface area contributed by atoms with E-state index in [1.165, 1.54) is 31.5 Å². The zero-order valence-electron chi connectivity index (χ0n) is 9.86. The second kappa shape index (κ2) is 4.69. The van der Waals surface area contributed by atoms with Crippen molar-refractivity contribution in [2.75, 3.05) is 12.8 Å². The quantitative estimate of drug-likeness (QED) is 0.677. The van der Waals surface area contributed by atoms with Crippen LogP contribution in [0.4, 0.5) is 5.82 Å². The first kappa shape index (κ1) is 11.7. The van der Waals surface area contributed by atoms with Crippen LogP contribution in [-0.2, 0) is 0 Å². The van der Waals surface area contributed by atoms with Crippen molar-refractivity contribution in [2.24, 2.45) is 0 Å². The predicted molar refractivity (Wildman–Crippen MR) is 68.8 cm³/mol. The van der Waals surface area contributed by atoms with Gasteiger partial charge in [-0.25, -0.2) is 24.9 Å². The highest BCUT2D eigenvalue weighted by Crippen LogP contribution is 2.36. The first-order chi connectivity index (χ1) is 9.29. The average molecular weight is 275 g/mol. The molecule has 0 bridgehead atoms. The van der Waals surface area contributed by atoms with Crippen LogP contribution in [0.15, 0.2) is 29.0 Å². The molecular formula is C10H9N7OS. The van der Waals surface area contributed by atoms with Gasteiger partial charge in [0, 0.05) is 0 Å². The molecule has 3 N–H and O–H groups in total. The summed E-state index contributed by atoms with van der Waals surface area (Å²) in [5.74, 6) is 0.716. The fraction of sp³-hybridized carbons (Fsp3) is 0.100. The SMILES string of the molecule is COc1c(N)ncnc1Sc1ncnc2nc[nH]c12. The number of nitrogen functional groups attached to an aromatic ring is 1. The van der Waals surface area contributed by atoms with Crippen molar-refractivity contribution in [1.82, 2.24) is 29.9 Å². The topological polar surface area (TPSA) is 115 Å². The molecule has 3 rings (SSSR count). The van der Waals surface area contributed by atoms with Gasteiger partial charge in [-0.15, -0.1) is 0 Å². The number of methoxy groups -OCH3 is 1. The maximum Gasteiger partial charge on any atom is 0.193 e. The Morgan fingerprint density at radius 2 is 1.89 bits per heavy atom. The lowest BCUT2D eigenvalue weighted by molar-refractivity contribution is 0.401. The summed E-state index contributed by atoms with van der Waals surface area (Å²) in [6, 6.07) is 0. The largest absolute Gasteiger partial charge is 0.490 e. The van der Waals surface area contributed by atoms with Crippen LogP contribution in [-0.4, -0.2) is 37.0 Å². The van der Waals surface area contributed by atoms with E-state index in [0.717, 1.165) is 5.52 Å². The molecule has 0 aliphatic carbocycles. The molecule has 0 aliphatic rings. The van der Waals surface area contributed by atoms with Crippen LogP contribution in [0.3, 0.4) is 0 Å². The van der Waals surface area contributed by atoms with E-state index in [2.05, 4.69) is 29.9 Å². The van der Waals surface area contributed by atoms with Crippen LogP contribution >= 0.6 is 11.8 Å². The minimum Gasteiger partial charge on any atom is -0.490 e. The molecule has 0 amide bonds. The van der Waals surface area contributed by atoms with Crippen molar-refractivity contribution in [2.45, 2.75) is 10.1 Å². The molecule has 19 heavy (non-hydrogen) atoms. The number of fused-ring (bicyclic) bond motifs is 1. The van der Waals surface area contributed by atoms with Gasteiger partial charge in [0.2, 0.25) is 0 Å². The fourth-order valence-electron chi connectivity index (χ4n) is 1.55. The normalized spacial score (nSPS) is 10.8. The average Bonchev–Trinajstić information content (AvgIpc) is 2.88. The summed E-state index contributed by atoms with van der Waals surface area (Å²) in [7, 11) is 1.52. The monoisotopic (exact) mass is 275 g/mol. The zero-order chi connectivity index (χ0) is 13.2. The smallest absolute Gasteiger partial charge is 0.193 e. The highest BCUT2D eigenvalue weighted by molar-refractivity contribution is 7.99. The van der Waals surface area contributed by atoms with E-state index in [-0.39, 0.29) is 5.82 Å². The number of anilines is 1. The molecule has 0 saturated heterocycles. The molecule has 0 aliphatic heterocycles. The minimum absolute atomic E-state index is 0.287. The highest BCUT2D eigenvalue weighted by Gasteiger charge is 2.14. The maximum absolute atomic E-state index is 5.74. The van der Waals surface area contributed by atoms with E-state index in [4.69, 9.17) is 10.5 Å². The molecule has 0 radical (unpaired) electrons. The van der Waals surface area contributed by atoms with E-state index in [9.17, 15) is 0 Å². The molecule has 3 aromatic rings. The molecule has 0 atom stereocenters. The summed E-state index contributed by atoms with van der Waals surface area (Å²) in [5, 5.41) is 1.28. The Labute approximate surface area is 111 Å². The molecule has 0 fully saturated rings. The van der Waals surface area contributed by atoms with Crippen molar-refractivity contribution in [3.8, 4) is 5.75 Å². The van der Waals surface area contributed by atoms with E-state index in [1.54, 1.807) is 6.33 Å². The number of nitrogens with zero attached hydrogens (tertiary/aromatic N) is 5. The van der Waals surface area contributed by atoms with Gasteiger partial charge in [0.05, 0.1) is 13.4 Å². The Balaban J connectivity index is 2.06. The Hall–Kier alpha value is -2.42. The Morgan fingerprint density at radius 3 is 2.74 bits per heavy atom. The van der Waals surface area contributed by atoms with Gasteiger partial charge in [-0.2, -0.15) is 0 Å². The lowest BCUT2D eigenvalue weighted by atomic mass is 10.5. The second-order valence-electron chi connectivity index (χ2n) is 3.48. The summed E-state index contributed by atoms with van der Waals surface area (Å²) in [4.78, 5) is 23.3. The Bertz CT molecular complexity index is 729. The Morgan fingerprint density at radius 1 is 1.11 bits per heavy atom. The van der Waals surface area contributed by atoms with Gasteiger partial charge < -0.3 is 15.5 Å². The summed E-state index contributed by atoms with van der Waals surface area (Å²) < 4.78 is 5.20. The standard InChI is InChI=1S/C10H9N7OS/c1-18-6-7(11)13-3-17-10(6)19-9-5-8(14-2-12-5)15-4-16-9/h2-4H,1H3,(H2,11,13,17)(H,12,14,15,16). The van der Waals surface area contributed by atoms with Crippen LogP contribution in [0.5, 0.6) is 5.75 Å². The number of H-pyrrole nitrogens is 1. The maximum atomic E-state index is 5.74. The van der Waals surface area contributed by atoms with E-state index in [1.807, 2.05) is 0 Å². The van der Waals surface area contributed by atoms with Crippen molar-refractivity contribution in [1.29, 1.82) is 0 Å². The summed E-state index contributed by atoms with van der Waals surface area (Å²) in [6.45, 7) is 0. The van der Waals surface area contributed by atoms with Gasteiger partial charge in [-0.3, -0.25) is 0 Å². The minimum atomic E-state index is 0.287. The number of nitrogens with two attached hydrogens (primary N) is 1. The number of aromatic amines is 1. The third-order valence-corrected chi connectivity index (χ3v) is 3.37. The lowest BCUT2D eigenvalue weighted by Gasteiger charge is -2.07. The van der Waals surface area contributed by atoms with Gasteiger partial charge >= 0.3 is 0 Å². The van der Waals surface area contributed by atoms with Gasteiger partial charge in [0.15, 0.2) is 22.2 Å². The third kappa shape index (κ3) is 2.03. The predicted octanol–water partition coefficient (Wildman–Crippen LogP) is 0.885. The number of hydrogen-bond donors (Lipinski definition) is 2. The molecular weight excluding hydrogens is 266 g/mol. The van der Waals surface area contributed by atoms with E-state index < -0.39 is 0 Å². The molecule has 0 unspecified atom stereocenters. The zero-order valence-corrected chi connectivity index (χ0v) is 10.7. The number of aromatic nitrogens is 6. The molecule has 96 valence electrons. The number of imidazole rings is 1. The first-order valence-corrected chi connectivity index (χ1v) is 6.07. The Kier molecular flexibility index (Phi) is 2.88. The van der Waals surface area contributed by atoms with Gasteiger partial charge in [-0.05, 0) is 11.8 Å². The molecule has 0 saturated carbocycles. The summed E-state index contributed by atoms with van der Waals surface area (Å²) in [6.07, 6.45) is 4.39. The second-order valence-corrected chi connectivity index (χ2v) is 4.46. The van der Waals surface area contributed by atoms with Crippen molar-refractivity contribution >= 4 is 28.7 Å². The number of rotatable bonds is 3. The number of ether oxygens (including phenoxy) is 1. The van der Waals surface area contributed by atoms with Crippen LogP contribution in [0.2, 0.25) is 0 Å². The van der Waals surface area contributed by atoms with E-state index >= 15 is 0 Å². The molecule has 0 spiro atoms. The summed E-state index contributed by atoms with van der Waals surface area (Å²) >= 11 is 1.31. The summed E-state index contributed by atoms with van der Waals surface area (Å²) in [5.41, 5.74) is 7.07. The van der Waals surface area contributed by atoms with Gasteiger partial charge in [0.1, 0.15) is 23.2 Å². The van der Waals surface area contributed by atoms with Gasteiger partial charge in [-0.1, -0.05) is 0 Å². The van der Waals surface area contributed by atoms with Crippen molar-refractivity contribution < 1.29 is 4.74 Å². The van der Waals surface area contributed by atoms with Crippen molar-refractivity contribution in [3.05, 3.63) is 19.0 Å². The van der Waals surface area contributed by atoms with Crippen LogP contribution < -0.4 is 10.5 Å². The van der Waals surface area contributed by atoms with E-state index in [0.29, 0.717) is 21.4 Å². The molecule has 3 aromatic heterocycles. The fourth-order valence-corrected chi connectivity index (χ4v) is 2.46. The highest BCUT2D eigenvalue weighted by atomic mass is 32.2. The molecule has 0 aromatic carbocycles. The first-order valence-electron chi connectivity index (χ1n) is 5.26. The number of hydrogen-bond acceptors (Lipinski definition) is 8. The third-order valence-electron chi connectivity index (χ3n) is 2.38. The lowest BCUT2D eigenvalue weighted by Crippen LogP contribution is -1.99. The van der Waals surface area contributed by atoms with Crippen LogP contribution in [0.25, 0.3) is 11.2 Å². The molecule has 3 heterocycles. The molecule has 8 nitrogen and oxygen atoms in total.